The van der Waals surface area contributed by atoms with Crippen molar-refractivity contribution in [1.82, 2.24) is 9.21 Å². The Hall–Kier alpha value is -3.51. The smallest absolute Gasteiger partial charge is 0.407 e. The third kappa shape index (κ3) is 4.34. The topological polar surface area (TPSA) is 147 Å². The number of nitro groups is 1. The number of carbonyl (C=O) groups excluding carboxylic acids is 1. The van der Waals surface area contributed by atoms with Crippen LogP contribution in [0.2, 0.25) is 0 Å². The summed E-state index contributed by atoms with van der Waals surface area (Å²) in [6, 6.07) is 10.1. The summed E-state index contributed by atoms with van der Waals surface area (Å²) in [5.74, 6) is -0.564. The fourth-order valence-electron chi connectivity index (χ4n) is 3.41. The van der Waals surface area contributed by atoms with E-state index in [9.17, 15) is 33.2 Å². The number of ether oxygens (including phenoxy) is 1. The molecule has 0 aromatic heterocycles. The highest BCUT2D eigenvalue weighted by atomic mass is 32.2. The molecule has 3 rings (SSSR count). The van der Waals surface area contributed by atoms with E-state index < -0.39 is 43.6 Å². The Morgan fingerprint density at radius 1 is 1.13 bits per heavy atom. The van der Waals surface area contributed by atoms with Crippen LogP contribution in [0.1, 0.15) is 22.0 Å². The minimum Gasteiger partial charge on any atom is -0.465 e. The van der Waals surface area contributed by atoms with E-state index in [1.807, 2.05) is 0 Å². The van der Waals surface area contributed by atoms with Crippen molar-refractivity contribution in [2.24, 2.45) is 0 Å². The van der Waals surface area contributed by atoms with Crippen LogP contribution in [0.4, 0.5) is 10.5 Å². The lowest BCUT2D eigenvalue weighted by molar-refractivity contribution is -0.387. The summed E-state index contributed by atoms with van der Waals surface area (Å²) in [5, 5.41) is 20.9. The largest absolute Gasteiger partial charge is 0.465 e. The number of amides is 1. The highest BCUT2D eigenvalue weighted by Gasteiger charge is 2.39. The maximum Gasteiger partial charge on any atom is 0.407 e. The molecular weight excluding hydrogens is 430 g/mol. The van der Waals surface area contributed by atoms with Crippen LogP contribution in [-0.4, -0.2) is 66.5 Å². The molecule has 1 unspecified atom stereocenters. The maximum atomic E-state index is 13.1. The summed E-state index contributed by atoms with van der Waals surface area (Å²) in [7, 11) is -3.02. The Balaban J connectivity index is 1.96. The first kappa shape index (κ1) is 22.2. The molecule has 1 amide bonds. The van der Waals surface area contributed by atoms with Crippen LogP contribution in [0.5, 0.6) is 0 Å². The number of hydrogen-bond acceptors (Lipinski definition) is 7. The van der Waals surface area contributed by atoms with Gasteiger partial charge >= 0.3 is 12.1 Å². The zero-order chi connectivity index (χ0) is 22.8. The van der Waals surface area contributed by atoms with Gasteiger partial charge < -0.3 is 9.84 Å². The number of nitro benzene ring substituents is 1. The summed E-state index contributed by atoms with van der Waals surface area (Å²) in [4.78, 5) is 34.5. The maximum absolute atomic E-state index is 13.1. The van der Waals surface area contributed by atoms with E-state index in [2.05, 4.69) is 4.74 Å². The summed E-state index contributed by atoms with van der Waals surface area (Å²) < 4.78 is 32.0. The third-order valence-corrected chi connectivity index (χ3v) is 6.90. The average Bonchev–Trinajstić information content (AvgIpc) is 2.78. The van der Waals surface area contributed by atoms with Gasteiger partial charge in [-0.15, -0.1) is 0 Å². The molecule has 1 atom stereocenters. The van der Waals surface area contributed by atoms with Crippen LogP contribution in [0.15, 0.2) is 53.4 Å². The molecule has 1 heterocycles. The van der Waals surface area contributed by atoms with E-state index in [0.29, 0.717) is 5.56 Å². The van der Waals surface area contributed by atoms with Crippen molar-refractivity contribution in [2.45, 2.75) is 10.9 Å². The van der Waals surface area contributed by atoms with E-state index >= 15 is 0 Å². The Kier molecular flexibility index (Phi) is 6.22. The van der Waals surface area contributed by atoms with Gasteiger partial charge in [0.2, 0.25) is 10.0 Å². The number of carboxylic acid groups (broad SMARTS) is 1. The van der Waals surface area contributed by atoms with Crippen LogP contribution >= 0.6 is 0 Å². The van der Waals surface area contributed by atoms with Gasteiger partial charge in [-0.2, -0.15) is 4.31 Å². The molecule has 1 saturated heterocycles. The quantitative estimate of drug-likeness (QED) is 0.415. The molecule has 1 N–H and O–H groups in total. The number of para-hydroxylation sites is 1. The van der Waals surface area contributed by atoms with Gasteiger partial charge in [-0.25, -0.2) is 18.0 Å². The monoisotopic (exact) mass is 449 g/mol. The standard InChI is InChI=1S/C19H19N3O8S/c1-30-18(23)14-8-6-13(7-9-14)16-12-20(10-11-21(16)19(24)25)31(28,29)17-5-3-2-4-15(17)22(26)27/h2-9,16H,10-12H2,1H3,(H,24,25). The van der Waals surface area contributed by atoms with Gasteiger partial charge in [-0.1, -0.05) is 24.3 Å². The van der Waals surface area contributed by atoms with Crippen molar-refractivity contribution in [3.63, 3.8) is 0 Å². The molecule has 0 aliphatic carbocycles. The molecule has 1 aliphatic rings. The van der Waals surface area contributed by atoms with Crippen molar-refractivity contribution >= 4 is 27.8 Å². The van der Waals surface area contributed by atoms with Gasteiger partial charge in [0.05, 0.1) is 23.6 Å². The fourth-order valence-corrected chi connectivity index (χ4v) is 5.01. The number of piperazine rings is 1. The lowest BCUT2D eigenvalue weighted by Crippen LogP contribution is -2.52. The van der Waals surface area contributed by atoms with Crippen molar-refractivity contribution in [1.29, 1.82) is 0 Å². The Labute approximate surface area is 177 Å². The lowest BCUT2D eigenvalue weighted by atomic mass is 10.0. The van der Waals surface area contributed by atoms with Gasteiger partial charge in [-0.3, -0.25) is 15.0 Å². The minimum atomic E-state index is -4.26. The second kappa shape index (κ2) is 8.70. The molecule has 0 spiro atoms. The predicted molar refractivity (Wildman–Crippen MR) is 107 cm³/mol. The molecule has 0 bridgehead atoms. The van der Waals surface area contributed by atoms with Crippen molar-refractivity contribution < 1.29 is 32.8 Å². The summed E-state index contributed by atoms with van der Waals surface area (Å²) in [6.07, 6.45) is -1.23. The van der Waals surface area contributed by atoms with E-state index in [4.69, 9.17) is 0 Å². The first-order valence-corrected chi connectivity index (χ1v) is 10.5. The van der Waals surface area contributed by atoms with E-state index in [0.717, 1.165) is 21.3 Å². The average molecular weight is 449 g/mol. The zero-order valence-electron chi connectivity index (χ0n) is 16.4. The summed E-state index contributed by atoms with van der Waals surface area (Å²) in [6.45, 7) is -0.520. The second-order valence-corrected chi connectivity index (χ2v) is 8.60. The zero-order valence-corrected chi connectivity index (χ0v) is 17.2. The van der Waals surface area contributed by atoms with Crippen LogP contribution in [0, 0.1) is 10.1 Å². The summed E-state index contributed by atoms with van der Waals surface area (Å²) in [5.41, 5.74) is 0.174. The second-order valence-electron chi connectivity index (χ2n) is 6.69. The molecular formula is C19H19N3O8S. The Bertz CT molecular complexity index is 1120. The van der Waals surface area contributed by atoms with E-state index in [1.54, 1.807) is 0 Å². The highest BCUT2D eigenvalue weighted by molar-refractivity contribution is 7.89. The fraction of sp³-hybridized carbons (Fsp3) is 0.263. The van der Waals surface area contributed by atoms with Gasteiger partial charge in [0.25, 0.3) is 5.69 Å². The van der Waals surface area contributed by atoms with Gasteiger partial charge in [-0.05, 0) is 23.8 Å². The van der Waals surface area contributed by atoms with Crippen LogP contribution in [0.3, 0.4) is 0 Å². The number of hydrogen-bond donors (Lipinski definition) is 1. The van der Waals surface area contributed by atoms with Crippen molar-refractivity contribution in [2.75, 3.05) is 26.7 Å². The van der Waals surface area contributed by atoms with Crippen LogP contribution in [0.25, 0.3) is 0 Å². The first-order chi connectivity index (χ1) is 14.7. The Morgan fingerprint density at radius 2 is 1.77 bits per heavy atom. The van der Waals surface area contributed by atoms with Gasteiger partial charge in [0, 0.05) is 25.7 Å². The SMILES string of the molecule is COC(=O)c1ccc(C2CN(S(=O)(=O)c3ccccc3[N+](=O)[O-])CCN2C(=O)O)cc1. The number of sulfonamides is 1. The lowest BCUT2D eigenvalue weighted by Gasteiger charge is -2.39. The molecule has 0 radical (unpaired) electrons. The predicted octanol–water partition coefficient (Wildman–Crippen LogP) is 2.11. The Morgan fingerprint density at radius 3 is 2.35 bits per heavy atom. The highest BCUT2D eigenvalue weighted by Crippen LogP contribution is 2.32. The molecule has 1 aliphatic heterocycles. The number of esters is 1. The number of rotatable bonds is 5. The third-order valence-electron chi connectivity index (χ3n) is 4.99. The van der Waals surface area contributed by atoms with Gasteiger partial charge in [0.15, 0.2) is 4.90 Å². The molecule has 11 nitrogen and oxygen atoms in total. The van der Waals surface area contributed by atoms with Crippen LogP contribution < -0.4 is 0 Å². The molecule has 31 heavy (non-hydrogen) atoms. The van der Waals surface area contributed by atoms with Crippen molar-refractivity contribution in [3.05, 3.63) is 69.8 Å². The molecule has 2 aromatic carbocycles. The number of methoxy groups -OCH3 is 1. The number of benzene rings is 2. The normalized spacial score (nSPS) is 17.2. The molecule has 1 fully saturated rings. The van der Waals surface area contributed by atoms with E-state index in [-0.39, 0.29) is 25.2 Å². The first-order valence-electron chi connectivity index (χ1n) is 9.08. The minimum absolute atomic E-state index is 0.126. The molecule has 0 saturated carbocycles. The van der Waals surface area contributed by atoms with Gasteiger partial charge in [0.1, 0.15) is 0 Å². The van der Waals surface area contributed by atoms with Crippen molar-refractivity contribution in [3.8, 4) is 0 Å². The molecule has 2 aromatic rings. The van der Waals surface area contributed by atoms with E-state index in [1.165, 1.54) is 43.5 Å². The molecule has 164 valence electrons. The summed E-state index contributed by atoms with van der Waals surface area (Å²) >= 11 is 0. The molecule has 12 heteroatoms. The number of nitrogens with zero attached hydrogens (tertiary/aromatic N) is 3. The van der Waals surface area contributed by atoms with Crippen LogP contribution in [-0.2, 0) is 14.8 Å². The number of carbonyl (C=O) groups is 2.